The zero-order valence-electron chi connectivity index (χ0n) is 14.3. The van der Waals surface area contributed by atoms with Gasteiger partial charge in [0.1, 0.15) is 5.69 Å². The monoisotopic (exact) mass is 353 g/mol. The van der Waals surface area contributed by atoms with Gasteiger partial charge in [0.05, 0.1) is 11.9 Å². The molecule has 0 saturated heterocycles. The van der Waals surface area contributed by atoms with Crippen LogP contribution in [0.1, 0.15) is 21.6 Å². The minimum Gasteiger partial charge on any atom is -0.354 e. The Morgan fingerprint density at radius 3 is 2.38 bits per heavy atom. The van der Waals surface area contributed by atoms with E-state index in [4.69, 9.17) is 0 Å². The lowest BCUT2D eigenvalue weighted by molar-refractivity contribution is 0.102. The number of hydrogen-bond acceptors (Lipinski definition) is 3. The number of anilines is 3. The summed E-state index contributed by atoms with van der Waals surface area (Å²) in [6, 6.07) is 12.5. The van der Waals surface area contributed by atoms with Crippen LogP contribution in [0.2, 0.25) is 0 Å². The predicted molar refractivity (Wildman–Crippen MR) is 97.7 cm³/mol. The van der Waals surface area contributed by atoms with Gasteiger partial charge in [0.25, 0.3) is 5.91 Å². The second-order valence-corrected chi connectivity index (χ2v) is 5.96. The molecule has 1 aromatic heterocycles. The quantitative estimate of drug-likeness (QED) is 0.696. The van der Waals surface area contributed by atoms with Crippen LogP contribution < -0.4 is 10.6 Å². The van der Waals surface area contributed by atoms with Gasteiger partial charge in [-0.1, -0.05) is 12.1 Å². The van der Waals surface area contributed by atoms with Crippen molar-refractivity contribution in [3.63, 3.8) is 0 Å². The average Bonchev–Trinajstić information content (AvgIpc) is 2.62. The number of amides is 1. The van der Waals surface area contributed by atoms with E-state index in [1.807, 2.05) is 32.0 Å². The van der Waals surface area contributed by atoms with E-state index in [-0.39, 0.29) is 11.4 Å². The van der Waals surface area contributed by atoms with Crippen molar-refractivity contribution in [2.45, 2.75) is 13.8 Å². The first-order valence-electron chi connectivity index (χ1n) is 7.99. The molecule has 3 aromatic rings. The van der Waals surface area contributed by atoms with Gasteiger partial charge in [0.15, 0.2) is 11.6 Å². The summed E-state index contributed by atoms with van der Waals surface area (Å²) >= 11 is 0. The molecule has 0 bridgehead atoms. The molecule has 1 heterocycles. The lowest BCUT2D eigenvalue weighted by atomic mass is 10.1. The molecule has 0 aliphatic carbocycles. The summed E-state index contributed by atoms with van der Waals surface area (Å²) in [6.45, 7) is 4.01. The average molecular weight is 353 g/mol. The third-order valence-electron chi connectivity index (χ3n) is 3.85. The van der Waals surface area contributed by atoms with Crippen LogP contribution in [0.15, 0.2) is 54.7 Å². The van der Waals surface area contributed by atoms with Crippen molar-refractivity contribution < 1.29 is 13.6 Å². The number of carbonyl (C=O) groups is 1. The Morgan fingerprint density at radius 1 is 0.923 bits per heavy atom. The maximum absolute atomic E-state index is 13.2. The highest BCUT2D eigenvalue weighted by Gasteiger charge is 2.10. The largest absolute Gasteiger partial charge is 0.354 e. The van der Waals surface area contributed by atoms with E-state index in [1.165, 1.54) is 6.07 Å². The van der Waals surface area contributed by atoms with Gasteiger partial charge in [-0.2, -0.15) is 0 Å². The van der Waals surface area contributed by atoms with Gasteiger partial charge in [0, 0.05) is 17.4 Å². The topological polar surface area (TPSA) is 54.0 Å². The van der Waals surface area contributed by atoms with Gasteiger partial charge >= 0.3 is 0 Å². The normalized spacial score (nSPS) is 10.5. The molecule has 0 atom stereocenters. The number of aromatic nitrogens is 1. The fraction of sp³-hybridized carbons (Fsp3) is 0.100. The van der Waals surface area contributed by atoms with Crippen LogP contribution in [0.25, 0.3) is 0 Å². The van der Waals surface area contributed by atoms with Crippen LogP contribution in [0.3, 0.4) is 0 Å². The first kappa shape index (κ1) is 17.5. The number of nitrogens with zero attached hydrogens (tertiary/aromatic N) is 1. The Bertz CT molecular complexity index is 956. The van der Waals surface area contributed by atoms with E-state index < -0.39 is 17.5 Å². The van der Waals surface area contributed by atoms with Crippen molar-refractivity contribution >= 4 is 23.0 Å². The summed E-state index contributed by atoms with van der Waals surface area (Å²) in [4.78, 5) is 16.3. The minimum absolute atomic E-state index is 0.160. The van der Waals surface area contributed by atoms with Crippen molar-refractivity contribution in [2.24, 2.45) is 0 Å². The molecule has 1 amide bonds. The van der Waals surface area contributed by atoms with Crippen LogP contribution in [0.4, 0.5) is 25.8 Å². The molecule has 0 saturated carbocycles. The lowest BCUT2D eigenvalue weighted by Gasteiger charge is -2.11. The Balaban J connectivity index is 1.71. The molecule has 4 nitrogen and oxygen atoms in total. The number of rotatable bonds is 4. The van der Waals surface area contributed by atoms with Gasteiger partial charge in [-0.05, 0) is 55.3 Å². The van der Waals surface area contributed by atoms with Crippen LogP contribution >= 0.6 is 0 Å². The Labute approximate surface area is 149 Å². The SMILES string of the molecule is Cc1ccc(C)c(Nc2ccc(C(=O)Nc3ccc(F)c(F)c3)nc2)c1. The van der Waals surface area contributed by atoms with Crippen molar-refractivity contribution in [1.29, 1.82) is 0 Å². The highest BCUT2D eigenvalue weighted by Crippen LogP contribution is 2.21. The molecule has 6 heteroatoms. The Kier molecular flexibility index (Phi) is 4.93. The summed E-state index contributed by atoms with van der Waals surface area (Å²) in [5.41, 5.74) is 4.26. The number of nitrogens with one attached hydrogen (secondary N) is 2. The zero-order chi connectivity index (χ0) is 18.7. The zero-order valence-corrected chi connectivity index (χ0v) is 14.3. The lowest BCUT2D eigenvalue weighted by Crippen LogP contribution is -2.13. The van der Waals surface area contributed by atoms with Crippen LogP contribution in [-0.4, -0.2) is 10.9 Å². The number of hydrogen-bond donors (Lipinski definition) is 2. The fourth-order valence-corrected chi connectivity index (χ4v) is 2.40. The molecule has 2 N–H and O–H groups in total. The van der Waals surface area contributed by atoms with Crippen molar-refractivity contribution in [1.82, 2.24) is 4.98 Å². The molecule has 26 heavy (non-hydrogen) atoms. The van der Waals surface area contributed by atoms with Gasteiger partial charge in [-0.15, -0.1) is 0 Å². The first-order valence-corrected chi connectivity index (χ1v) is 7.99. The molecule has 0 aliphatic heterocycles. The number of carbonyl (C=O) groups excluding carboxylic acids is 1. The number of aryl methyl sites for hydroxylation is 2. The van der Waals surface area contributed by atoms with Crippen LogP contribution in [0, 0.1) is 25.5 Å². The highest BCUT2D eigenvalue weighted by atomic mass is 19.2. The maximum atomic E-state index is 13.2. The standard InChI is InChI=1S/C20H17F2N3O/c1-12-3-4-13(2)19(9-12)24-15-6-8-18(23-11-15)20(26)25-14-5-7-16(21)17(22)10-14/h3-11,24H,1-2H3,(H,25,26). The van der Waals surface area contributed by atoms with Crippen molar-refractivity contribution in [2.75, 3.05) is 10.6 Å². The molecule has 0 fully saturated rings. The number of halogens is 2. The van der Waals surface area contributed by atoms with E-state index in [2.05, 4.69) is 15.6 Å². The molecular weight excluding hydrogens is 336 g/mol. The molecule has 0 unspecified atom stereocenters. The van der Waals surface area contributed by atoms with Crippen LogP contribution in [-0.2, 0) is 0 Å². The van der Waals surface area contributed by atoms with E-state index in [0.717, 1.165) is 34.6 Å². The molecule has 0 radical (unpaired) electrons. The maximum Gasteiger partial charge on any atom is 0.274 e. The molecule has 2 aromatic carbocycles. The molecule has 0 spiro atoms. The fourth-order valence-electron chi connectivity index (χ4n) is 2.40. The van der Waals surface area contributed by atoms with E-state index in [9.17, 15) is 13.6 Å². The van der Waals surface area contributed by atoms with E-state index >= 15 is 0 Å². The molecule has 3 rings (SSSR count). The summed E-state index contributed by atoms with van der Waals surface area (Å²) in [7, 11) is 0. The predicted octanol–water partition coefficient (Wildman–Crippen LogP) is 4.97. The number of pyridine rings is 1. The number of benzene rings is 2. The Morgan fingerprint density at radius 2 is 1.69 bits per heavy atom. The molecular formula is C20H17F2N3O. The van der Waals surface area contributed by atoms with Crippen molar-refractivity contribution in [3.8, 4) is 0 Å². The smallest absolute Gasteiger partial charge is 0.274 e. The van der Waals surface area contributed by atoms with Gasteiger partial charge in [-0.25, -0.2) is 13.8 Å². The highest BCUT2D eigenvalue weighted by molar-refractivity contribution is 6.02. The van der Waals surface area contributed by atoms with E-state index in [0.29, 0.717) is 0 Å². The third kappa shape index (κ3) is 4.03. The third-order valence-corrected chi connectivity index (χ3v) is 3.85. The van der Waals surface area contributed by atoms with Crippen LogP contribution in [0.5, 0.6) is 0 Å². The molecule has 132 valence electrons. The summed E-state index contributed by atoms with van der Waals surface area (Å²) in [5, 5.41) is 5.74. The summed E-state index contributed by atoms with van der Waals surface area (Å²) in [5.74, 6) is -2.50. The Hall–Kier alpha value is -3.28. The van der Waals surface area contributed by atoms with Crippen molar-refractivity contribution in [3.05, 3.63) is 83.2 Å². The van der Waals surface area contributed by atoms with Gasteiger partial charge in [-0.3, -0.25) is 4.79 Å². The molecule has 0 aliphatic rings. The first-order chi connectivity index (χ1) is 12.4. The second-order valence-electron chi connectivity index (χ2n) is 5.96. The van der Waals surface area contributed by atoms with Gasteiger partial charge in [0.2, 0.25) is 0 Å². The van der Waals surface area contributed by atoms with Gasteiger partial charge < -0.3 is 10.6 Å². The summed E-state index contributed by atoms with van der Waals surface area (Å²) in [6.07, 6.45) is 1.54. The second kappa shape index (κ2) is 7.31. The van der Waals surface area contributed by atoms with E-state index in [1.54, 1.807) is 18.3 Å². The minimum atomic E-state index is -1.02. The summed E-state index contributed by atoms with van der Waals surface area (Å²) < 4.78 is 26.1.